The minimum absolute atomic E-state index is 0.0268. The zero-order valence-corrected chi connectivity index (χ0v) is 22.8. The van der Waals surface area contributed by atoms with Crippen LogP contribution in [0.5, 0.6) is 0 Å². The summed E-state index contributed by atoms with van der Waals surface area (Å²) in [4.78, 5) is 10.5. The van der Waals surface area contributed by atoms with Crippen molar-refractivity contribution in [3.63, 3.8) is 0 Å². The van der Waals surface area contributed by atoms with Gasteiger partial charge in [0.1, 0.15) is 0 Å². The highest BCUT2D eigenvalue weighted by atomic mass is 16.6. The van der Waals surface area contributed by atoms with Crippen molar-refractivity contribution >= 4 is 6.41 Å². The number of nitrogens with one attached hydrogen (secondary N) is 1. The summed E-state index contributed by atoms with van der Waals surface area (Å²) >= 11 is 0. The third-order valence-electron chi connectivity index (χ3n) is 6.87. The van der Waals surface area contributed by atoms with Crippen molar-refractivity contribution in [3.8, 4) is 0 Å². The highest BCUT2D eigenvalue weighted by Crippen LogP contribution is 2.18. The predicted octanol–water partition coefficient (Wildman–Crippen LogP) is 7.77. The number of aliphatic hydroxyl groups is 2. The molecule has 0 aromatic rings. The number of hydrogen-bond donors (Lipinski definition) is 3. The maximum absolute atomic E-state index is 10.5. The highest BCUT2D eigenvalue weighted by molar-refractivity contribution is 5.45. The molecule has 0 aromatic heterocycles. The maximum Gasteiger partial charge on any atom is 0.237 e. The van der Waals surface area contributed by atoms with Crippen LogP contribution in [0.25, 0.3) is 0 Å². The Bertz CT molecular complexity index is 408. The molecule has 0 rings (SSSR count). The van der Waals surface area contributed by atoms with Crippen LogP contribution in [0.15, 0.2) is 0 Å². The molecule has 0 saturated carbocycles. The third kappa shape index (κ3) is 24.5. The molecular formula is C29H59NO4. The molecule has 0 aliphatic carbocycles. The minimum atomic E-state index is -1.19. The van der Waals surface area contributed by atoms with Crippen LogP contribution in [-0.2, 0) is 9.53 Å². The number of amides is 1. The first-order valence-electron chi connectivity index (χ1n) is 14.8. The van der Waals surface area contributed by atoms with Crippen molar-refractivity contribution in [2.24, 2.45) is 0 Å². The van der Waals surface area contributed by atoms with Crippen molar-refractivity contribution < 1.29 is 19.7 Å². The van der Waals surface area contributed by atoms with Crippen molar-refractivity contribution in [2.45, 2.75) is 180 Å². The molecule has 204 valence electrons. The molecule has 0 saturated heterocycles. The van der Waals surface area contributed by atoms with Crippen molar-refractivity contribution in [2.75, 3.05) is 0 Å². The summed E-state index contributed by atoms with van der Waals surface area (Å²) in [6, 6.07) is 0. The van der Waals surface area contributed by atoms with Gasteiger partial charge in [-0.2, -0.15) is 0 Å². The Morgan fingerprint density at radius 3 is 1.35 bits per heavy atom. The van der Waals surface area contributed by atoms with E-state index in [4.69, 9.17) is 4.74 Å². The summed E-state index contributed by atoms with van der Waals surface area (Å²) in [6.45, 7) is 4.45. The van der Waals surface area contributed by atoms with Gasteiger partial charge in [-0.1, -0.05) is 136 Å². The number of rotatable bonds is 28. The molecule has 0 aliphatic heterocycles. The molecule has 0 aliphatic rings. The van der Waals surface area contributed by atoms with E-state index >= 15 is 0 Å². The van der Waals surface area contributed by atoms with Gasteiger partial charge in [-0.3, -0.25) is 4.79 Å². The lowest BCUT2D eigenvalue weighted by Gasteiger charge is -2.21. The van der Waals surface area contributed by atoms with Gasteiger partial charge in [0, 0.05) is 0 Å². The number of carbonyl (C=O) groups is 1. The lowest BCUT2D eigenvalue weighted by molar-refractivity contribution is -0.161. The van der Waals surface area contributed by atoms with E-state index in [1.54, 1.807) is 0 Å². The molecule has 0 fully saturated rings. The monoisotopic (exact) mass is 485 g/mol. The van der Waals surface area contributed by atoms with E-state index in [1.165, 1.54) is 109 Å². The maximum atomic E-state index is 10.5. The average molecular weight is 486 g/mol. The number of carbonyl (C=O) groups excluding carboxylic acids is 1. The topological polar surface area (TPSA) is 78.8 Å². The second kappa shape index (κ2) is 26.9. The largest absolute Gasteiger partial charge is 0.393 e. The molecule has 3 N–H and O–H groups in total. The fraction of sp³-hybridized carbons (Fsp3) is 0.966. The molecule has 0 bridgehead atoms. The molecule has 3 atom stereocenters. The summed E-state index contributed by atoms with van der Waals surface area (Å²) < 4.78 is 5.63. The Morgan fingerprint density at radius 2 is 0.941 bits per heavy atom. The van der Waals surface area contributed by atoms with Gasteiger partial charge in [0.15, 0.2) is 0 Å². The minimum Gasteiger partial charge on any atom is -0.393 e. The van der Waals surface area contributed by atoms with E-state index in [0.717, 1.165) is 38.5 Å². The summed E-state index contributed by atoms with van der Waals surface area (Å²) in [6.07, 6.45) is 26.9. The molecule has 0 aromatic carbocycles. The van der Waals surface area contributed by atoms with Crippen LogP contribution in [0.1, 0.15) is 162 Å². The van der Waals surface area contributed by atoms with Gasteiger partial charge in [0.05, 0.1) is 12.2 Å². The second-order valence-electron chi connectivity index (χ2n) is 10.2. The fourth-order valence-corrected chi connectivity index (χ4v) is 4.65. The normalized spacial score (nSPS) is 14.1. The Kier molecular flexibility index (Phi) is 26.4. The summed E-state index contributed by atoms with van der Waals surface area (Å²) in [5.74, 6) is 0. The van der Waals surface area contributed by atoms with Crippen molar-refractivity contribution in [1.29, 1.82) is 0 Å². The summed E-state index contributed by atoms with van der Waals surface area (Å²) in [5, 5.41) is 22.1. The molecule has 0 heterocycles. The van der Waals surface area contributed by atoms with Gasteiger partial charge < -0.3 is 20.3 Å². The lowest BCUT2D eigenvalue weighted by Crippen LogP contribution is -2.34. The van der Waals surface area contributed by atoms with E-state index in [9.17, 15) is 15.0 Å². The zero-order valence-electron chi connectivity index (χ0n) is 22.8. The summed E-state index contributed by atoms with van der Waals surface area (Å²) in [5.41, 5.74) is 0. The molecule has 5 nitrogen and oxygen atoms in total. The van der Waals surface area contributed by atoms with E-state index in [2.05, 4.69) is 19.2 Å². The molecule has 5 heteroatoms. The standard InChI is InChI=1S/C29H59NO4/c1-3-5-7-15-20-24-28(34-29(33)30-26-31)25-21-17-14-12-10-9-11-13-16-19-23-27(32)22-18-8-6-4-2/h26-29,32-33H,3-25H2,1-2H3,(H,30,31). The Hall–Kier alpha value is -0.650. The third-order valence-corrected chi connectivity index (χ3v) is 6.87. The molecule has 1 amide bonds. The van der Waals surface area contributed by atoms with Crippen LogP contribution in [0.2, 0.25) is 0 Å². The molecule has 34 heavy (non-hydrogen) atoms. The van der Waals surface area contributed by atoms with Gasteiger partial charge in [0.2, 0.25) is 12.8 Å². The van der Waals surface area contributed by atoms with Crippen LogP contribution < -0.4 is 5.32 Å². The van der Waals surface area contributed by atoms with E-state index in [1.807, 2.05) is 0 Å². The van der Waals surface area contributed by atoms with E-state index in [-0.39, 0.29) is 12.2 Å². The number of hydrogen-bond acceptors (Lipinski definition) is 4. The van der Waals surface area contributed by atoms with Crippen LogP contribution in [0, 0.1) is 0 Å². The average Bonchev–Trinajstić information content (AvgIpc) is 2.82. The van der Waals surface area contributed by atoms with Crippen LogP contribution in [0.4, 0.5) is 0 Å². The Morgan fingerprint density at radius 1 is 0.588 bits per heavy atom. The van der Waals surface area contributed by atoms with Gasteiger partial charge in [-0.25, -0.2) is 0 Å². The molecular weight excluding hydrogens is 426 g/mol. The van der Waals surface area contributed by atoms with Gasteiger partial charge in [0.25, 0.3) is 0 Å². The molecule has 0 spiro atoms. The van der Waals surface area contributed by atoms with Crippen LogP contribution in [-0.4, -0.2) is 35.2 Å². The molecule has 0 radical (unpaired) electrons. The first-order valence-corrected chi connectivity index (χ1v) is 14.8. The Labute approximate surface area is 211 Å². The van der Waals surface area contributed by atoms with Crippen LogP contribution in [0.3, 0.4) is 0 Å². The van der Waals surface area contributed by atoms with E-state index < -0.39 is 6.41 Å². The number of aliphatic hydroxyl groups excluding tert-OH is 2. The molecule has 3 unspecified atom stereocenters. The fourth-order valence-electron chi connectivity index (χ4n) is 4.65. The van der Waals surface area contributed by atoms with Crippen LogP contribution >= 0.6 is 0 Å². The predicted molar refractivity (Wildman–Crippen MR) is 144 cm³/mol. The lowest BCUT2D eigenvalue weighted by atomic mass is 10.0. The Balaban J connectivity index is 3.61. The SMILES string of the molecule is CCCCCCCC(CCCCCCCCCCCCC(O)CCCCCC)OC(O)NC=O. The quantitative estimate of drug-likeness (QED) is 0.0601. The first kappa shape index (κ1) is 33.4. The number of unbranched alkanes of at least 4 members (excludes halogenated alkanes) is 16. The van der Waals surface area contributed by atoms with Gasteiger partial charge in [-0.15, -0.1) is 0 Å². The van der Waals surface area contributed by atoms with E-state index in [0.29, 0.717) is 6.41 Å². The van der Waals surface area contributed by atoms with Gasteiger partial charge >= 0.3 is 0 Å². The van der Waals surface area contributed by atoms with Crippen molar-refractivity contribution in [3.05, 3.63) is 0 Å². The van der Waals surface area contributed by atoms with Gasteiger partial charge in [-0.05, 0) is 25.7 Å². The summed E-state index contributed by atoms with van der Waals surface area (Å²) in [7, 11) is 0. The first-order chi connectivity index (χ1) is 16.6. The second-order valence-corrected chi connectivity index (χ2v) is 10.2. The smallest absolute Gasteiger partial charge is 0.237 e. The zero-order chi connectivity index (χ0) is 25.1. The highest BCUT2D eigenvalue weighted by Gasteiger charge is 2.13. The number of ether oxygens (including phenoxy) is 1. The van der Waals surface area contributed by atoms with Crippen molar-refractivity contribution in [1.82, 2.24) is 5.32 Å².